The van der Waals surface area contributed by atoms with Crippen LogP contribution in [0.2, 0.25) is 5.02 Å². The topological polar surface area (TPSA) is 41.6 Å². The summed E-state index contributed by atoms with van der Waals surface area (Å²) >= 11 is 6.09. The Balaban J connectivity index is 1.67. The number of hydrogen-bond acceptors (Lipinski definition) is 2. The van der Waals surface area contributed by atoms with Gasteiger partial charge in [-0.05, 0) is 24.1 Å². The molecule has 1 unspecified atom stereocenters. The van der Waals surface area contributed by atoms with Gasteiger partial charge in [-0.15, -0.1) is 0 Å². The van der Waals surface area contributed by atoms with Crippen molar-refractivity contribution in [2.75, 3.05) is 25.5 Å². The second-order valence-corrected chi connectivity index (χ2v) is 6.00. The maximum absolute atomic E-state index is 12.5. The van der Waals surface area contributed by atoms with Crippen molar-refractivity contribution in [1.29, 1.82) is 0 Å². The molecule has 1 atom stereocenters. The molecule has 0 spiro atoms. The Kier molecular flexibility index (Phi) is 4.72. The van der Waals surface area contributed by atoms with Crippen LogP contribution in [0.25, 0.3) is 0 Å². The number of amides is 2. The zero-order valence-electron chi connectivity index (χ0n) is 13.0. The van der Waals surface area contributed by atoms with Gasteiger partial charge in [0.1, 0.15) is 0 Å². The summed E-state index contributed by atoms with van der Waals surface area (Å²) in [4.78, 5) is 14.3. The van der Waals surface area contributed by atoms with Crippen molar-refractivity contribution < 1.29 is 9.53 Å². The molecule has 2 aromatic rings. The molecule has 0 aromatic heterocycles. The summed E-state index contributed by atoms with van der Waals surface area (Å²) < 4.78 is 5.26. The largest absolute Gasteiger partial charge is 0.493 e. The maximum Gasteiger partial charge on any atom is 0.321 e. The smallest absolute Gasteiger partial charge is 0.321 e. The Morgan fingerprint density at radius 3 is 2.74 bits per heavy atom. The monoisotopic (exact) mass is 330 g/mol. The van der Waals surface area contributed by atoms with Crippen molar-refractivity contribution in [3.05, 3.63) is 59.1 Å². The Morgan fingerprint density at radius 2 is 2.00 bits per heavy atom. The van der Waals surface area contributed by atoms with Gasteiger partial charge in [-0.3, -0.25) is 0 Å². The van der Waals surface area contributed by atoms with Crippen molar-refractivity contribution in [3.8, 4) is 5.75 Å². The number of nitrogens with one attached hydrogen (secondary N) is 1. The minimum absolute atomic E-state index is 0.121. The number of ether oxygens (including phenoxy) is 1. The first-order chi connectivity index (χ1) is 11.2. The number of carbonyl (C=O) groups excluding carboxylic acids is 1. The SMILES string of the molecule is COc1c(Cl)cccc1NC(=O)N1CCC(c2ccccc2)C1. The number of para-hydroxylation sites is 1. The van der Waals surface area contributed by atoms with Crippen LogP contribution in [-0.4, -0.2) is 31.1 Å². The number of anilines is 1. The van der Waals surface area contributed by atoms with E-state index in [1.165, 1.54) is 12.7 Å². The fourth-order valence-electron chi connectivity index (χ4n) is 2.95. The lowest BCUT2D eigenvalue weighted by Gasteiger charge is -2.19. The third-order valence-electron chi connectivity index (χ3n) is 4.16. The number of benzene rings is 2. The Bertz CT molecular complexity index is 691. The number of likely N-dealkylation sites (tertiary alicyclic amines) is 1. The van der Waals surface area contributed by atoms with Gasteiger partial charge in [0.15, 0.2) is 5.75 Å². The van der Waals surface area contributed by atoms with Crippen LogP contribution in [0.3, 0.4) is 0 Å². The van der Waals surface area contributed by atoms with Crippen LogP contribution < -0.4 is 10.1 Å². The molecule has 120 valence electrons. The minimum atomic E-state index is -0.121. The van der Waals surface area contributed by atoms with Crippen molar-refractivity contribution >= 4 is 23.3 Å². The average Bonchev–Trinajstić information content (AvgIpc) is 3.06. The summed E-state index contributed by atoms with van der Waals surface area (Å²) in [6.45, 7) is 1.47. The zero-order valence-corrected chi connectivity index (χ0v) is 13.7. The summed E-state index contributed by atoms with van der Waals surface area (Å²) in [5.74, 6) is 0.879. The maximum atomic E-state index is 12.5. The highest BCUT2D eigenvalue weighted by atomic mass is 35.5. The van der Waals surface area contributed by atoms with Crippen LogP contribution in [0.1, 0.15) is 17.9 Å². The molecule has 2 amide bonds. The summed E-state index contributed by atoms with van der Waals surface area (Å²) in [5, 5.41) is 3.37. The highest BCUT2D eigenvalue weighted by molar-refractivity contribution is 6.32. The van der Waals surface area contributed by atoms with Gasteiger partial charge in [0, 0.05) is 19.0 Å². The van der Waals surface area contributed by atoms with E-state index in [-0.39, 0.29) is 6.03 Å². The number of halogens is 1. The molecule has 1 aliphatic heterocycles. The standard InChI is InChI=1S/C18H19ClN2O2/c1-23-17-15(19)8-5-9-16(17)20-18(22)21-11-10-14(12-21)13-6-3-2-4-7-13/h2-9,14H,10-12H2,1H3,(H,20,22). The third-order valence-corrected chi connectivity index (χ3v) is 4.46. The van der Waals surface area contributed by atoms with Gasteiger partial charge in [0.05, 0.1) is 17.8 Å². The van der Waals surface area contributed by atoms with E-state index >= 15 is 0 Å². The number of rotatable bonds is 3. The number of hydrogen-bond donors (Lipinski definition) is 1. The van der Waals surface area contributed by atoms with Gasteiger partial charge in [-0.2, -0.15) is 0 Å². The normalized spacial score (nSPS) is 17.1. The Morgan fingerprint density at radius 1 is 1.22 bits per heavy atom. The summed E-state index contributed by atoms with van der Waals surface area (Å²) in [6.07, 6.45) is 0.976. The molecule has 0 radical (unpaired) electrons. The number of urea groups is 1. The molecule has 23 heavy (non-hydrogen) atoms. The van der Waals surface area contributed by atoms with E-state index in [0.29, 0.717) is 22.4 Å². The van der Waals surface area contributed by atoms with Crippen molar-refractivity contribution in [2.45, 2.75) is 12.3 Å². The first-order valence-corrected chi connectivity index (χ1v) is 8.00. The fraction of sp³-hybridized carbons (Fsp3) is 0.278. The molecule has 2 aromatic carbocycles. The van der Waals surface area contributed by atoms with Crippen LogP contribution in [0.4, 0.5) is 10.5 Å². The van der Waals surface area contributed by atoms with E-state index in [9.17, 15) is 4.79 Å². The van der Waals surface area contributed by atoms with Crippen molar-refractivity contribution in [2.24, 2.45) is 0 Å². The number of methoxy groups -OCH3 is 1. The Hall–Kier alpha value is -2.20. The molecule has 1 aliphatic rings. The Labute approximate surface area is 141 Å². The lowest BCUT2D eigenvalue weighted by molar-refractivity contribution is 0.222. The molecule has 1 heterocycles. The van der Waals surface area contributed by atoms with E-state index < -0.39 is 0 Å². The molecular formula is C18H19ClN2O2. The molecular weight excluding hydrogens is 312 g/mol. The molecule has 4 nitrogen and oxygen atoms in total. The predicted octanol–water partition coefficient (Wildman–Crippen LogP) is 4.37. The highest BCUT2D eigenvalue weighted by Crippen LogP contribution is 2.33. The summed E-state index contributed by atoms with van der Waals surface area (Å²) in [6, 6.07) is 15.5. The molecule has 5 heteroatoms. The van der Waals surface area contributed by atoms with Crippen LogP contribution in [-0.2, 0) is 0 Å². The molecule has 1 N–H and O–H groups in total. The second kappa shape index (κ2) is 6.92. The number of nitrogens with zero attached hydrogens (tertiary/aromatic N) is 1. The summed E-state index contributed by atoms with van der Waals surface area (Å²) in [7, 11) is 1.54. The van der Waals surface area contributed by atoms with E-state index in [2.05, 4.69) is 17.4 Å². The van der Waals surface area contributed by atoms with E-state index in [0.717, 1.165) is 19.5 Å². The van der Waals surface area contributed by atoms with Crippen LogP contribution in [0.15, 0.2) is 48.5 Å². The fourth-order valence-corrected chi connectivity index (χ4v) is 3.20. The van der Waals surface area contributed by atoms with Gasteiger partial charge in [-0.1, -0.05) is 48.0 Å². The highest BCUT2D eigenvalue weighted by Gasteiger charge is 2.27. The van der Waals surface area contributed by atoms with Gasteiger partial charge >= 0.3 is 6.03 Å². The molecule has 0 aliphatic carbocycles. The molecule has 0 saturated carbocycles. The van der Waals surface area contributed by atoms with Crippen molar-refractivity contribution in [1.82, 2.24) is 4.90 Å². The minimum Gasteiger partial charge on any atom is -0.493 e. The van der Waals surface area contributed by atoms with Crippen LogP contribution in [0.5, 0.6) is 5.75 Å². The second-order valence-electron chi connectivity index (χ2n) is 5.59. The molecule has 1 fully saturated rings. The molecule has 0 bridgehead atoms. The van der Waals surface area contributed by atoms with Gasteiger partial charge in [-0.25, -0.2) is 4.79 Å². The first kappa shape index (κ1) is 15.7. The van der Waals surface area contributed by atoms with E-state index in [4.69, 9.17) is 16.3 Å². The average molecular weight is 331 g/mol. The van der Waals surface area contributed by atoms with E-state index in [1.807, 2.05) is 23.1 Å². The van der Waals surface area contributed by atoms with Gasteiger partial charge in [0.2, 0.25) is 0 Å². The third kappa shape index (κ3) is 3.42. The van der Waals surface area contributed by atoms with Crippen molar-refractivity contribution in [3.63, 3.8) is 0 Å². The van der Waals surface area contributed by atoms with Gasteiger partial charge < -0.3 is 15.0 Å². The quantitative estimate of drug-likeness (QED) is 0.908. The van der Waals surface area contributed by atoms with E-state index in [1.54, 1.807) is 18.2 Å². The lowest BCUT2D eigenvalue weighted by Crippen LogP contribution is -2.32. The first-order valence-electron chi connectivity index (χ1n) is 7.62. The van der Waals surface area contributed by atoms with Gasteiger partial charge in [0.25, 0.3) is 0 Å². The predicted molar refractivity (Wildman–Crippen MR) is 92.4 cm³/mol. The molecule has 3 rings (SSSR count). The number of carbonyl (C=O) groups is 1. The zero-order chi connectivity index (χ0) is 16.2. The van der Waals surface area contributed by atoms with Crippen LogP contribution in [0, 0.1) is 0 Å². The van der Waals surface area contributed by atoms with Crippen LogP contribution >= 0.6 is 11.6 Å². The summed E-state index contributed by atoms with van der Waals surface area (Å²) in [5.41, 5.74) is 1.87. The lowest BCUT2D eigenvalue weighted by atomic mass is 9.99. The molecule has 1 saturated heterocycles.